The van der Waals surface area contributed by atoms with Crippen LogP contribution in [-0.4, -0.2) is 17.3 Å². The molecule has 7 heavy (non-hydrogen) atoms. The summed E-state index contributed by atoms with van der Waals surface area (Å²) in [6.45, 7) is 0. The van der Waals surface area contributed by atoms with Crippen molar-refractivity contribution in [3.05, 3.63) is 12.3 Å². The molecule has 0 aromatic carbocycles. The summed E-state index contributed by atoms with van der Waals surface area (Å²) < 4.78 is 4.68. The van der Waals surface area contributed by atoms with E-state index in [9.17, 15) is 0 Å². The summed E-state index contributed by atoms with van der Waals surface area (Å²) >= 11 is 0. The van der Waals surface area contributed by atoms with Gasteiger partial charge in [-0.1, -0.05) is 0 Å². The molecule has 0 saturated carbocycles. The molecule has 0 atom stereocenters. The number of hydrogen-bond acceptors (Lipinski definition) is 2. The van der Waals surface area contributed by atoms with Crippen LogP contribution < -0.4 is 4.74 Å². The molecule has 3 nitrogen and oxygen atoms in total. The van der Waals surface area contributed by atoms with Gasteiger partial charge in [0.25, 0.3) is 0 Å². The lowest BCUT2D eigenvalue weighted by Crippen LogP contribution is -1.80. The van der Waals surface area contributed by atoms with E-state index in [-0.39, 0.29) is 0 Å². The van der Waals surface area contributed by atoms with Crippen molar-refractivity contribution in [3.63, 3.8) is 0 Å². The number of methoxy groups -OCH3 is 1. The smallest absolute Gasteiger partial charge is 0.217 e. The Balaban J connectivity index is 2.76. The maximum absolute atomic E-state index is 4.68. The Morgan fingerprint density at radius 2 is 2.86 bits per heavy atom. The average molecular weight is 97.1 g/mol. The van der Waals surface area contributed by atoms with Gasteiger partial charge in [-0.3, -0.25) is 0 Å². The van der Waals surface area contributed by atoms with Gasteiger partial charge in [0.1, 0.15) is 0 Å². The van der Waals surface area contributed by atoms with Crippen LogP contribution in [0.3, 0.4) is 0 Å². The van der Waals surface area contributed by atoms with Gasteiger partial charge in [-0.05, 0) is 0 Å². The summed E-state index contributed by atoms with van der Waals surface area (Å²) in [6, 6.07) is 2.70. The van der Waals surface area contributed by atoms with Gasteiger partial charge in [0, 0.05) is 0 Å². The molecule has 1 aromatic heterocycles. The van der Waals surface area contributed by atoms with Crippen LogP contribution in [0.15, 0.2) is 6.20 Å². The number of rotatable bonds is 1. The molecule has 1 heterocycles. The first-order valence-corrected chi connectivity index (χ1v) is 1.88. The van der Waals surface area contributed by atoms with Crippen molar-refractivity contribution in [2.24, 2.45) is 0 Å². The zero-order chi connectivity index (χ0) is 5.11. The Bertz CT molecular complexity index is 124. The second kappa shape index (κ2) is 1.64. The third-order valence-corrected chi connectivity index (χ3v) is 0.630. The first kappa shape index (κ1) is 4.18. The normalized spacial score (nSPS) is 8.71. The van der Waals surface area contributed by atoms with Gasteiger partial charge < -0.3 is 4.74 Å². The fourth-order valence-electron chi connectivity index (χ4n) is 0.319. The molecule has 3 heteroatoms. The molecule has 1 rings (SSSR count). The van der Waals surface area contributed by atoms with Crippen molar-refractivity contribution in [1.29, 1.82) is 0 Å². The van der Waals surface area contributed by atoms with Crippen molar-refractivity contribution in [2.75, 3.05) is 7.11 Å². The zero-order valence-corrected chi connectivity index (χ0v) is 3.93. The Morgan fingerprint density at radius 3 is 3.14 bits per heavy atom. The van der Waals surface area contributed by atoms with Crippen molar-refractivity contribution < 1.29 is 4.74 Å². The number of nitrogens with zero attached hydrogens (tertiary/aromatic N) is 1. The van der Waals surface area contributed by atoms with E-state index < -0.39 is 0 Å². The van der Waals surface area contributed by atoms with Crippen molar-refractivity contribution in [1.82, 2.24) is 10.2 Å². The molecule has 37 valence electrons. The van der Waals surface area contributed by atoms with Gasteiger partial charge in [0.05, 0.1) is 19.4 Å². The van der Waals surface area contributed by atoms with Gasteiger partial charge >= 0.3 is 0 Å². The minimum Gasteiger partial charge on any atom is -0.481 e. The van der Waals surface area contributed by atoms with E-state index in [0.717, 1.165) is 0 Å². The average Bonchev–Trinajstić information content (AvgIpc) is 2.14. The highest BCUT2D eigenvalue weighted by atomic mass is 16.5. The zero-order valence-electron chi connectivity index (χ0n) is 3.93. The van der Waals surface area contributed by atoms with Gasteiger partial charge in [-0.25, -0.2) is 5.10 Å². The Labute approximate surface area is 41.3 Å². The highest BCUT2D eigenvalue weighted by molar-refractivity contribution is 5.00. The molecule has 0 aliphatic heterocycles. The number of ether oxygens (including phenoxy) is 1. The maximum atomic E-state index is 4.68. The molecular weight excluding hydrogens is 92.1 g/mol. The van der Waals surface area contributed by atoms with Gasteiger partial charge in [-0.2, -0.15) is 5.10 Å². The Kier molecular flexibility index (Phi) is 0.978. The van der Waals surface area contributed by atoms with Crippen LogP contribution in [0.5, 0.6) is 5.88 Å². The predicted octanol–water partition coefficient (Wildman–Crippen LogP) is 0.218. The summed E-state index contributed by atoms with van der Waals surface area (Å²) in [4.78, 5) is 0. The van der Waals surface area contributed by atoms with E-state index in [2.05, 4.69) is 21.0 Å². The quantitative estimate of drug-likeness (QED) is 0.544. The van der Waals surface area contributed by atoms with E-state index in [1.165, 1.54) is 6.20 Å². The van der Waals surface area contributed by atoms with Crippen molar-refractivity contribution in [2.45, 2.75) is 0 Å². The van der Waals surface area contributed by atoms with Gasteiger partial charge in [-0.15, -0.1) is 0 Å². The lowest BCUT2D eigenvalue weighted by Gasteiger charge is -1.85. The predicted molar refractivity (Wildman–Crippen MR) is 24.0 cm³/mol. The molecule has 1 N–H and O–H groups in total. The minimum absolute atomic E-state index is 0.569. The number of aromatic nitrogens is 2. The second-order valence-corrected chi connectivity index (χ2v) is 1.05. The summed E-state index contributed by atoms with van der Waals surface area (Å²) in [5.41, 5.74) is 0. The highest BCUT2D eigenvalue weighted by Crippen LogP contribution is 1.96. The SMILES string of the molecule is COc1[c]cn[nH]1. The molecule has 0 spiro atoms. The van der Waals surface area contributed by atoms with Crippen LogP contribution in [0, 0.1) is 6.07 Å². The molecule has 0 amide bonds. The highest BCUT2D eigenvalue weighted by Gasteiger charge is 1.84. The Hall–Kier alpha value is -0.990. The molecule has 1 aromatic rings. The van der Waals surface area contributed by atoms with E-state index in [1.54, 1.807) is 7.11 Å². The Morgan fingerprint density at radius 1 is 2.00 bits per heavy atom. The summed E-state index contributed by atoms with van der Waals surface area (Å²) in [5.74, 6) is 0.569. The molecule has 0 saturated heterocycles. The van der Waals surface area contributed by atoms with Gasteiger partial charge in [0.2, 0.25) is 5.88 Å². The summed E-state index contributed by atoms with van der Waals surface area (Å²) in [6.07, 6.45) is 1.51. The first-order chi connectivity index (χ1) is 3.43. The van der Waals surface area contributed by atoms with E-state index in [1.807, 2.05) is 0 Å². The van der Waals surface area contributed by atoms with Crippen molar-refractivity contribution in [3.8, 4) is 5.88 Å². The number of aromatic amines is 1. The molecular formula is C4H5N2O. The van der Waals surface area contributed by atoms with Crippen LogP contribution in [0.4, 0.5) is 0 Å². The third kappa shape index (κ3) is 0.707. The fourth-order valence-corrected chi connectivity index (χ4v) is 0.319. The standard InChI is InChI=1S/C4H5N2O/c1-7-4-2-3-5-6-4/h3H,1H3,(H,5,6). The molecule has 0 fully saturated rings. The maximum Gasteiger partial charge on any atom is 0.217 e. The van der Waals surface area contributed by atoms with Crippen LogP contribution in [0.25, 0.3) is 0 Å². The minimum atomic E-state index is 0.569. The van der Waals surface area contributed by atoms with E-state index >= 15 is 0 Å². The van der Waals surface area contributed by atoms with E-state index in [4.69, 9.17) is 0 Å². The molecule has 0 aliphatic carbocycles. The van der Waals surface area contributed by atoms with Crippen molar-refractivity contribution >= 4 is 0 Å². The number of hydrogen-bond donors (Lipinski definition) is 1. The lowest BCUT2D eigenvalue weighted by atomic mass is 10.7. The molecule has 0 bridgehead atoms. The largest absolute Gasteiger partial charge is 0.481 e. The van der Waals surface area contributed by atoms with Crippen LogP contribution in [0.1, 0.15) is 0 Å². The molecule has 1 radical (unpaired) electrons. The third-order valence-electron chi connectivity index (χ3n) is 0.630. The number of nitrogens with one attached hydrogen (secondary N) is 1. The van der Waals surface area contributed by atoms with Crippen LogP contribution >= 0.6 is 0 Å². The first-order valence-electron chi connectivity index (χ1n) is 1.88. The van der Waals surface area contributed by atoms with E-state index in [0.29, 0.717) is 5.88 Å². The fraction of sp³-hybridized carbons (Fsp3) is 0.250. The van der Waals surface area contributed by atoms with Crippen LogP contribution in [0.2, 0.25) is 0 Å². The number of H-pyrrole nitrogens is 1. The summed E-state index contributed by atoms with van der Waals surface area (Å²) in [7, 11) is 1.56. The van der Waals surface area contributed by atoms with Crippen LogP contribution in [-0.2, 0) is 0 Å². The van der Waals surface area contributed by atoms with Gasteiger partial charge in [0.15, 0.2) is 0 Å². The topological polar surface area (TPSA) is 37.9 Å². The summed E-state index contributed by atoms with van der Waals surface area (Å²) in [5, 5.41) is 6.15. The second-order valence-electron chi connectivity index (χ2n) is 1.05. The lowest BCUT2D eigenvalue weighted by molar-refractivity contribution is 0.396. The molecule has 0 aliphatic rings. The monoisotopic (exact) mass is 97.0 g/mol. The molecule has 0 unspecified atom stereocenters.